The highest BCUT2D eigenvalue weighted by atomic mass is 19.2. The Balaban J connectivity index is 2.09. The number of aryl methyl sites for hydroxylation is 1. The third-order valence-electron chi connectivity index (χ3n) is 2.52. The van der Waals surface area contributed by atoms with Crippen molar-refractivity contribution in [2.45, 2.75) is 13.5 Å². The third-order valence-corrected chi connectivity index (χ3v) is 2.52. The third kappa shape index (κ3) is 2.90. The second-order valence-corrected chi connectivity index (χ2v) is 3.86. The molecule has 0 aliphatic heterocycles. The van der Waals surface area contributed by atoms with Crippen molar-refractivity contribution in [3.63, 3.8) is 0 Å². The van der Waals surface area contributed by atoms with Crippen molar-refractivity contribution in [1.82, 2.24) is 0 Å². The summed E-state index contributed by atoms with van der Waals surface area (Å²) in [5, 5.41) is 8.75. The lowest BCUT2D eigenvalue weighted by Gasteiger charge is -2.05. The Morgan fingerprint density at radius 3 is 2.63 bits per heavy atom. The summed E-state index contributed by atoms with van der Waals surface area (Å²) in [7, 11) is 0. The summed E-state index contributed by atoms with van der Waals surface area (Å²) in [5.74, 6) is -2.78. The molecule has 1 aromatic carbocycles. The van der Waals surface area contributed by atoms with Gasteiger partial charge in [-0.15, -0.1) is 0 Å². The van der Waals surface area contributed by atoms with Gasteiger partial charge in [0.2, 0.25) is 5.76 Å². The van der Waals surface area contributed by atoms with Crippen molar-refractivity contribution >= 4 is 5.97 Å². The zero-order valence-corrected chi connectivity index (χ0v) is 9.94. The number of carboxylic acid groups (broad SMARTS) is 1. The van der Waals surface area contributed by atoms with Crippen LogP contribution in [0.2, 0.25) is 0 Å². The molecule has 1 N–H and O–H groups in total. The van der Waals surface area contributed by atoms with Crippen LogP contribution in [0.4, 0.5) is 8.78 Å². The quantitative estimate of drug-likeness (QED) is 0.925. The molecule has 4 nitrogen and oxygen atoms in total. The lowest BCUT2D eigenvalue weighted by atomic mass is 10.2. The summed E-state index contributed by atoms with van der Waals surface area (Å²) in [4.78, 5) is 10.7. The van der Waals surface area contributed by atoms with Crippen LogP contribution in [0.5, 0.6) is 5.75 Å². The van der Waals surface area contributed by atoms with Crippen LogP contribution in [-0.2, 0) is 6.61 Å². The van der Waals surface area contributed by atoms with Gasteiger partial charge in [-0.1, -0.05) is 0 Å². The van der Waals surface area contributed by atoms with E-state index in [1.165, 1.54) is 12.1 Å². The Kier molecular flexibility index (Phi) is 3.50. The molecule has 0 spiro atoms. The van der Waals surface area contributed by atoms with Crippen LogP contribution in [0.3, 0.4) is 0 Å². The summed E-state index contributed by atoms with van der Waals surface area (Å²) >= 11 is 0. The number of aromatic carboxylic acids is 1. The van der Waals surface area contributed by atoms with Crippen LogP contribution in [0.15, 0.2) is 28.7 Å². The van der Waals surface area contributed by atoms with Crippen molar-refractivity contribution < 1.29 is 27.8 Å². The number of carbonyl (C=O) groups is 1. The van der Waals surface area contributed by atoms with Crippen LogP contribution in [-0.4, -0.2) is 11.1 Å². The zero-order valence-electron chi connectivity index (χ0n) is 9.94. The van der Waals surface area contributed by atoms with Gasteiger partial charge in [-0.05, 0) is 25.1 Å². The first-order chi connectivity index (χ1) is 8.97. The number of carboxylic acids is 1. The molecule has 0 saturated carbocycles. The van der Waals surface area contributed by atoms with Gasteiger partial charge in [-0.3, -0.25) is 0 Å². The molecule has 0 aliphatic rings. The molecule has 0 fully saturated rings. The minimum Gasteiger partial charge on any atom is -0.489 e. The summed E-state index contributed by atoms with van der Waals surface area (Å²) in [6, 6.07) is 4.49. The molecular weight excluding hydrogens is 258 g/mol. The van der Waals surface area contributed by atoms with Gasteiger partial charge in [-0.2, -0.15) is 0 Å². The van der Waals surface area contributed by atoms with E-state index < -0.39 is 17.6 Å². The predicted octanol–water partition coefficient (Wildman–Crippen LogP) is 3.14. The van der Waals surface area contributed by atoms with Gasteiger partial charge < -0.3 is 14.3 Å². The van der Waals surface area contributed by atoms with E-state index in [1.807, 2.05) is 0 Å². The maximum absolute atomic E-state index is 12.9. The number of halogens is 2. The monoisotopic (exact) mass is 268 g/mol. The fourth-order valence-corrected chi connectivity index (χ4v) is 1.50. The van der Waals surface area contributed by atoms with E-state index in [4.69, 9.17) is 14.3 Å². The van der Waals surface area contributed by atoms with Crippen LogP contribution < -0.4 is 4.74 Å². The Labute approximate surface area is 107 Å². The fraction of sp³-hybridized carbons (Fsp3) is 0.154. The predicted molar refractivity (Wildman–Crippen MR) is 61.1 cm³/mol. The molecule has 100 valence electrons. The highest BCUT2D eigenvalue weighted by Crippen LogP contribution is 2.20. The van der Waals surface area contributed by atoms with Crippen LogP contribution >= 0.6 is 0 Å². The summed E-state index contributed by atoms with van der Waals surface area (Å²) < 4.78 is 35.9. The lowest BCUT2D eigenvalue weighted by molar-refractivity contribution is 0.0661. The lowest BCUT2D eigenvalue weighted by Crippen LogP contribution is -1.97. The van der Waals surface area contributed by atoms with Crippen LogP contribution in [0.25, 0.3) is 0 Å². The first-order valence-electron chi connectivity index (χ1n) is 5.38. The minimum absolute atomic E-state index is 0.00762. The molecule has 1 aromatic heterocycles. The van der Waals surface area contributed by atoms with Crippen LogP contribution in [0.1, 0.15) is 21.9 Å². The number of ether oxygens (including phenoxy) is 1. The van der Waals surface area contributed by atoms with Crippen molar-refractivity contribution in [1.29, 1.82) is 0 Å². The number of benzene rings is 1. The number of hydrogen-bond donors (Lipinski definition) is 1. The molecule has 0 aliphatic carbocycles. The number of rotatable bonds is 4. The molecule has 0 radical (unpaired) electrons. The number of hydrogen-bond acceptors (Lipinski definition) is 3. The topological polar surface area (TPSA) is 59.7 Å². The summed E-state index contributed by atoms with van der Waals surface area (Å²) in [6.07, 6.45) is 0. The molecule has 19 heavy (non-hydrogen) atoms. The highest BCUT2D eigenvalue weighted by molar-refractivity contribution is 5.84. The SMILES string of the molecule is Cc1oc(C(=O)O)cc1COc1ccc(F)c(F)c1. The van der Waals surface area contributed by atoms with E-state index in [-0.39, 0.29) is 18.1 Å². The maximum atomic E-state index is 12.9. The first-order valence-corrected chi connectivity index (χ1v) is 5.38. The Hall–Kier alpha value is -2.37. The molecular formula is C13H10F2O4. The van der Waals surface area contributed by atoms with E-state index in [2.05, 4.69) is 0 Å². The molecule has 0 atom stereocenters. The van der Waals surface area contributed by atoms with Crippen molar-refractivity contribution in [2.75, 3.05) is 0 Å². The average molecular weight is 268 g/mol. The van der Waals surface area contributed by atoms with Gasteiger partial charge in [0.05, 0.1) is 0 Å². The van der Waals surface area contributed by atoms with E-state index in [1.54, 1.807) is 6.92 Å². The number of furan rings is 1. The fourth-order valence-electron chi connectivity index (χ4n) is 1.50. The van der Waals surface area contributed by atoms with Crippen molar-refractivity contribution in [3.8, 4) is 5.75 Å². The molecule has 0 unspecified atom stereocenters. The van der Waals surface area contributed by atoms with Crippen LogP contribution in [0, 0.1) is 18.6 Å². The minimum atomic E-state index is -1.18. The molecule has 2 rings (SSSR count). The van der Waals surface area contributed by atoms with Gasteiger partial charge >= 0.3 is 5.97 Å². The molecule has 0 saturated heterocycles. The van der Waals surface area contributed by atoms with Crippen molar-refractivity contribution in [3.05, 3.63) is 53.0 Å². The summed E-state index contributed by atoms with van der Waals surface area (Å²) in [5.41, 5.74) is 0.530. The van der Waals surface area contributed by atoms with Gasteiger partial charge in [0.25, 0.3) is 0 Å². The molecule has 1 heterocycles. The smallest absolute Gasteiger partial charge is 0.371 e. The standard InChI is InChI=1S/C13H10F2O4/c1-7-8(4-12(19-7)13(16)17)6-18-9-2-3-10(14)11(15)5-9/h2-5H,6H2,1H3,(H,16,17). The van der Waals surface area contributed by atoms with E-state index in [0.29, 0.717) is 11.3 Å². The Morgan fingerprint density at radius 1 is 1.32 bits per heavy atom. The van der Waals surface area contributed by atoms with Gasteiger partial charge in [0.15, 0.2) is 11.6 Å². The van der Waals surface area contributed by atoms with Gasteiger partial charge in [0, 0.05) is 11.6 Å². The first kappa shape index (κ1) is 13.1. The second kappa shape index (κ2) is 5.09. The van der Waals surface area contributed by atoms with Gasteiger partial charge in [-0.25, -0.2) is 13.6 Å². The van der Waals surface area contributed by atoms with Gasteiger partial charge in [0.1, 0.15) is 18.1 Å². The molecule has 0 amide bonds. The van der Waals surface area contributed by atoms with E-state index in [9.17, 15) is 13.6 Å². The molecule has 6 heteroatoms. The highest BCUT2D eigenvalue weighted by Gasteiger charge is 2.13. The molecule has 2 aromatic rings. The molecule has 0 bridgehead atoms. The largest absolute Gasteiger partial charge is 0.489 e. The maximum Gasteiger partial charge on any atom is 0.371 e. The summed E-state index contributed by atoms with van der Waals surface area (Å²) in [6.45, 7) is 1.60. The normalized spacial score (nSPS) is 10.5. The second-order valence-electron chi connectivity index (χ2n) is 3.86. The Morgan fingerprint density at radius 2 is 2.05 bits per heavy atom. The average Bonchev–Trinajstić information content (AvgIpc) is 2.73. The van der Waals surface area contributed by atoms with Crippen molar-refractivity contribution in [2.24, 2.45) is 0 Å². The Bertz CT molecular complexity index is 619. The van der Waals surface area contributed by atoms with E-state index in [0.717, 1.165) is 12.1 Å². The zero-order chi connectivity index (χ0) is 14.0. The van der Waals surface area contributed by atoms with E-state index >= 15 is 0 Å².